The number of pyridine rings is 1. The van der Waals surface area contributed by atoms with Crippen molar-refractivity contribution in [3.63, 3.8) is 0 Å². The van der Waals surface area contributed by atoms with Crippen LogP contribution in [0.4, 0.5) is 10.1 Å². The van der Waals surface area contributed by atoms with Gasteiger partial charge in [-0.3, -0.25) is 10.4 Å². The maximum absolute atomic E-state index is 13.1. The fourth-order valence-electron chi connectivity index (χ4n) is 1.91. The molecule has 0 saturated heterocycles. The molecule has 98 valence electrons. The van der Waals surface area contributed by atoms with E-state index in [0.717, 1.165) is 11.3 Å². The number of aromatic nitrogens is 1. The Morgan fingerprint density at radius 2 is 2.16 bits per heavy atom. The number of hydrogen-bond acceptors (Lipinski definition) is 3. The second-order valence-electron chi connectivity index (χ2n) is 4.27. The highest BCUT2D eigenvalue weighted by molar-refractivity contribution is 5.98. The van der Waals surface area contributed by atoms with E-state index in [1.165, 1.54) is 12.1 Å². The SMILES string of the molecule is CN(Cc1cccc(F)c1)c1cccnc1C(=N)N. The molecule has 0 saturated carbocycles. The smallest absolute Gasteiger partial charge is 0.143 e. The number of anilines is 1. The Bertz CT molecular complexity index is 598. The lowest BCUT2D eigenvalue weighted by molar-refractivity contribution is 0.625. The van der Waals surface area contributed by atoms with Gasteiger partial charge >= 0.3 is 0 Å². The lowest BCUT2D eigenvalue weighted by Gasteiger charge is -2.21. The lowest BCUT2D eigenvalue weighted by Crippen LogP contribution is -2.23. The van der Waals surface area contributed by atoms with Gasteiger partial charge in [0.25, 0.3) is 0 Å². The summed E-state index contributed by atoms with van der Waals surface area (Å²) >= 11 is 0. The number of rotatable bonds is 4. The molecule has 0 aliphatic rings. The first-order chi connectivity index (χ1) is 9.08. The van der Waals surface area contributed by atoms with Gasteiger partial charge in [-0.25, -0.2) is 4.39 Å². The highest BCUT2D eigenvalue weighted by atomic mass is 19.1. The number of hydrogen-bond donors (Lipinski definition) is 2. The molecule has 0 amide bonds. The van der Waals surface area contributed by atoms with Gasteiger partial charge < -0.3 is 10.6 Å². The highest BCUT2D eigenvalue weighted by Crippen LogP contribution is 2.18. The van der Waals surface area contributed by atoms with Gasteiger partial charge in [0.15, 0.2) is 0 Å². The lowest BCUT2D eigenvalue weighted by atomic mass is 10.2. The second kappa shape index (κ2) is 5.48. The molecule has 2 rings (SSSR count). The molecule has 0 aliphatic heterocycles. The average molecular weight is 258 g/mol. The third kappa shape index (κ3) is 3.07. The fraction of sp³-hybridized carbons (Fsp3) is 0.143. The van der Waals surface area contributed by atoms with Crippen LogP contribution in [0.15, 0.2) is 42.6 Å². The van der Waals surface area contributed by atoms with Crippen LogP contribution in [0.2, 0.25) is 0 Å². The first-order valence-corrected chi connectivity index (χ1v) is 5.83. The van der Waals surface area contributed by atoms with Crippen LogP contribution in [0, 0.1) is 11.2 Å². The van der Waals surface area contributed by atoms with Gasteiger partial charge in [-0.05, 0) is 29.8 Å². The van der Waals surface area contributed by atoms with Crippen molar-refractivity contribution in [1.82, 2.24) is 4.98 Å². The van der Waals surface area contributed by atoms with E-state index in [-0.39, 0.29) is 11.7 Å². The molecule has 4 nitrogen and oxygen atoms in total. The third-order valence-corrected chi connectivity index (χ3v) is 2.76. The van der Waals surface area contributed by atoms with Gasteiger partial charge in [-0.15, -0.1) is 0 Å². The molecule has 19 heavy (non-hydrogen) atoms. The molecule has 0 atom stereocenters. The zero-order chi connectivity index (χ0) is 13.8. The summed E-state index contributed by atoms with van der Waals surface area (Å²) in [4.78, 5) is 5.98. The number of nitrogens with zero attached hydrogens (tertiary/aromatic N) is 2. The van der Waals surface area contributed by atoms with Crippen molar-refractivity contribution in [3.05, 3.63) is 59.7 Å². The van der Waals surface area contributed by atoms with E-state index in [9.17, 15) is 4.39 Å². The zero-order valence-corrected chi connectivity index (χ0v) is 10.6. The van der Waals surface area contributed by atoms with Crippen LogP contribution in [-0.2, 0) is 6.54 Å². The predicted molar refractivity (Wildman–Crippen MR) is 73.8 cm³/mol. The van der Waals surface area contributed by atoms with Crippen molar-refractivity contribution in [2.45, 2.75) is 6.54 Å². The predicted octanol–water partition coefficient (Wildman–Crippen LogP) is 2.14. The quantitative estimate of drug-likeness (QED) is 0.652. The summed E-state index contributed by atoms with van der Waals surface area (Å²) in [6, 6.07) is 10.0. The Kier molecular flexibility index (Phi) is 3.75. The number of nitrogens with one attached hydrogen (secondary N) is 1. The minimum atomic E-state index is -0.260. The van der Waals surface area contributed by atoms with Crippen LogP contribution in [0.25, 0.3) is 0 Å². The van der Waals surface area contributed by atoms with Crippen LogP contribution < -0.4 is 10.6 Å². The van der Waals surface area contributed by atoms with Crippen LogP contribution in [-0.4, -0.2) is 17.9 Å². The topological polar surface area (TPSA) is 66.0 Å². The van der Waals surface area contributed by atoms with Gasteiger partial charge in [0.05, 0.1) is 5.69 Å². The minimum absolute atomic E-state index is 0.0818. The monoisotopic (exact) mass is 258 g/mol. The molecule has 0 unspecified atom stereocenters. The Morgan fingerprint density at radius 1 is 1.37 bits per heavy atom. The number of benzene rings is 1. The summed E-state index contributed by atoms with van der Waals surface area (Å²) < 4.78 is 13.1. The van der Waals surface area contributed by atoms with E-state index in [1.807, 2.05) is 24.1 Å². The first-order valence-electron chi connectivity index (χ1n) is 5.83. The van der Waals surface area contributed by atoms with E-state index >= 15 is 0 Å². The van der Waals surface area contributed by atoms with Crippen molar-refractivity contribution in [2.75, 3.05) is 11.9 Å². The molecule has 1 heterocycles. The largest absolute Gasteiger partial charge is 0.382 e. The molecule has 2 aromatic rings. The summed E-state index contributed by atoms with van der Waals surface area (Å²) in [6.07, 6.45) is 1.59. The van der Waals surface area contributed by atoms with Crippen molar-refractivity contribution >= 4 is 11.5 Å². The standard InChI is InChI=1S/C14H15FN4/c1-19(9-10-4-2-5-11(15)8-10)12-6-3-7-18-13(12)14(16)17/h2-8H,9H2,1H3,(H3,16,17). The van der Waals surface area contributed by atoms with Gasteiger partial charge in [-0.1, -0.05) is 12.1 Å². The normalized spacial score (nSPS) is 10.2. The average Bonchev–Trinajstić information content (AvgIpc) is 2.38. The summed E-state index contributed by atoms with van der Waals surface area (Å²) in [5.41, 5.74) is 7.53. The fourth-order valence-corrected chi connectivity index (χ4v) is 1.91. The van der Waals surface area contributed by atoms with Crippen molar-refractivity contribution in [1.29, 1.82) is 5.41 Å². The minimum Gasteiger partial charge on any atom is -0.382 e. The molecule has 5 heteroatoms. The molecule has 0 spiro atoms. The summed E-state index contributed by atoms with van der Waals surface area (Å²) in [6.45, 7) is 0.518. The van der Waals surface area contributed by atoms with Crippen molar-refractivity contribution in [3.8, 4) is 0 Å². The van der Waals surface area contributed by atoms with E-state index in [4.69, 9.17) is 11.1 Å². The number of nitrogens with two attached hydrogens (primary N) is 1. The summed E-state index contributed by atoms with van der Waals surface area (Å²) in [7, 11) is 1.86. The van der Waals surface area contributed by atoms with E-state index in [1.54, 1.807) is 18.3 Å². The Balaban J connectivity index is 2.25. The molecule has 0 aliphatic carbocycles. The van der Waals surface area contributed by atoms with Crippen LogP contribution in [0.1, 0.15) is 11.3 Å². The molecule has 3 N–H and O–H groups in total. The Hall–Kier alpha value is -2.43. The number of nitrogen functional groups attached to an aromatic ring is 1. The molecule has 0 bridgehead atoms. The van der Waals surface area contributed by atoms with Crippen molar-refractivity contribution < 1.29 is 4.39 Å². The highest BCUT2D eigenvalue weighted by Gasteiger charge is 2.11. The maximum Gasteiger partial charge on any atom is 0.143 e. The third-order valence-electron chi connectivity index (χ3n) is 2.76. The van der Waals surface area contributed by atoms with Gasteiger partial charge in [-0.2, -0.15) is 0 Å². The Morgan fingerprint density at radius 3 is 2.84 bits per heavy atom. The van der Waals surface area contributed by atoms with Crippen molar-refractivity contribution in [2.24, 2.45) is 5.73 Å². The number of halogens is 1. The van der Waals surface area contributed by atoms with Crippen LogP contribution in [0.3, 0.4) is 0 Å². The molecular weight excluding hydrogens is 243 g/mol. The maximum atomic E-state index is 13.1. The second-order valence-corrected chi connectivity index (χ2v) is 4.27. The van der Waals surface area contributed by atoms with Crippen LogP contribution >= 0.6 is 0 Å². The summed E-state index contributed by atoms with van der Waals surface area (Å²) in [5.74, 6) is -0.342. The van der Waals surface area contributed by atoms with E-state index < -0.39 is 0 Å². The van der Waals surface area contributed by atoms with Gasteiger partial charge in [0.2, 0.25) is 0 Å². The molecule has 1 aromatic heterocycles. The van der Waals surface area contributed by atoms with Gasteiger partial charge in [0, 0.05) is 19.8 Å². The molecule has 0 radical (unpaired) electrons. The number of amidine groups is 1. The zero-order valence-electron chi connectivity index (χ0n) is 10.6. The molecular formula is C14H15FN4. The van der Waals surface area contributed by atoms with E-state index in [0.29, 0.717) is 12.2 Å². The molecule has 0 fully saturated rings. The van der Waals surface area contributed by atoms with Crippen LogP contribution in [0.5, 0.6) is 0 Å². The Labute approximate surface area is 111 Å². The van der Waals surface area contributed by atoms with Gasteiger partial charge in [0.1, 0.15) is 17.3 Å². The first kappa shape index (κ1) is 13.0. The summed E-state index contributed by atoms with van der Waals surface area (Å²) in [5, 5.41) is 7.51. The van der Waals surface area contributed by atoms with E-state index in [2.05, 4.69) is 4.98 Å². The molecule has 1 aromatic carbocycles.